The Morgan fingerprint density at radius 3 is 2.05 bits per heavy atom. The van der Waals surface area contributed by atoms with Crippen molar-refractivity contribution in [1.29, 1.82) is 0 Å². The summed E-state index contributed by atoms with van der Waals surface area (Å²) in [4.78, 5) is 26.2. The van der Waals surface area contributed by atoms with E-state index < -0.39 is 0 Å². The van der Waals surface area contributed by atoms with E-state index in [1.54, 1.807) is 0 Å². The monoisotopic (exact) mass is 279 g/mol. The van der Waals surface area contributed by atoms with Crippen molar-refractivity contribution >= 4 is 17.5 Å². The van der Waals surface area contributed by atoms with Crippen LogP contribution in [0.2, 0.25) is 0 Å². The third kappa shape index (κ3) is 2.59. The average Bonchev–Trinajstić information content (AvgIpc) is 2.49. The molecular weight excluding hydrogens is 262 g/mol. The molecule has 106 valence electrons. The first-order valence-corrected chi connectivity index (χ1v) is 7.13. The van der Waals surface area contributed by atoms with Crippen LogP contribution in [0.3, 0.4) is 0 Å². The van der Waals surface area contributed by atoms with E-state index in [0.29, 0.717) is 18.5 Å². The first-order chi connectivity index (χ1) is 10.2. The predicted molar refractivity (Wildman–Crippen MR) is 82.1 cm³/mol. The minimum atomic E-state index is -0.116. The molecule has 0 aromatic heterocycles. The molecule has 1 aliphatic rings. The SMILES string of the molecule is Cc1ccccc1N1C(=O)CC(c2ccccc2)CC1=O. The molecule has 0 saturated carbocycles. The number of nitrogens with zero attached hydrogens (tertiary/aromatic N) is 1. The van der Waals surface area contributed by atoms with Crippen molar-refractivity contribution < 1.29 is 9.59 Å². The second-order valence-electron chi connectivity index (χ2n) is 5.43. The van der Waals surface area contributed by atoms with Gasteiger partial charge in [0.15, 0.2) is 0 Å². The molecule has 1 heterocycles. The second-order valence-corrected chi connectivity index (χ2v) is 5.43. The zero-order valence-corrected chi connectivity index (χ0v) is 12.0. The lowest BCUT2D eigenvalue weighted by Gasteiger charge is -2.31. The second kappa shape index (κ2) is 5.52. The molecule has 0 unspecified atom stereocenters. The fraction of sp³-hybridized carbons (Fsp3) is 0.222. The highest BCUT2D eigenvalue weighted by atomic mass is 16.2. The van der Waals surface area contributed by atoms with Crippen molar-refractivity contribution in [3.63, 3.8) is 0 Å². The van der Waals surface area contributed by atoms with Crippen molar-refractivity contribution in [2.45, 2.75) is 25.7 Å². The van der Waals surface area contributed by atoms with Gasteiger partial charge in [-0.15, -0.1) is 0 Å². The summed E-state index contributed by atoms with van der Waals surface area (Å²) in [5, 5.41) is 0. The number of amides is 2. The van der Waals surface area contributed by atoms with Crippen LogP contribution in [0.1, 0.15) is 29.9 Å². The van der Waals surface area contributed by atoms with Gasteiger partial charge in [-0.1, -0.05) is 48.5 Å². The fourth-order valence-corrected chi connectivity index (χ4v) is 2.86. The molecular formula is C18H17NO2. The van der Waals surface area contributed by atoms with Gasteiger partial charge in [-0.25, -0.2) is 0 Å². The van der Waals surface area contributed by atoms with Gasteiger partial charge in [0.25, 0.3) is 0 Å². The maximum absolute atomic E-state index is 12.4. The Labute approximate surface area is 124 Å². The van der Waals surface area contributed by atoms with E-state index in [2.05, 4.69) is 0 Å². The van der Waals surface area contributed by atoms with Crippen LogP contribution in [0.15, 0.2) is 54.6 Å². The van der Waals surface area contributed by atoms with Crippen LogP contribution in [0, 0.1) is 6.92 Å². The number of aryl methyl sites for hydroxylation is 1. The summed E-state index contributed by atoms with van der Waals surface area (Å²) in [6, 6.07) is 17.3. The van der Waals surface area contributed by atoms with E-state index in [-0.39, 0.29) is 17.7 Å². The highest BCUT2D eigenvalue weighted by Crippen LogP contribution is 2.33. The Kier molecular flexibility index (Phi) is 3.57. The van der Waals surface area contributed by atoms with Crippen molar-refractivity contribution in [2.75, 3.05) is 4.90 Å². The molecule has 0 spiro atoms. The largest absolute Gasteiger partial charge is 0.274 e. The molecule has 2 amide bonds. The van der Waals surface area contributed by atoms with Gasteiger partial charge in [0.1, 0.15) is 0 Å². The van der Waals surface area contributed by atoms with Crippen LogP contribution in [0.4, 0.5) is 5.69 Å². The molecule has 3 nitrogen and oxygen atoms in total. The minimum Gasteiger partial charge on any atom is -0.274 e. The van der Waals surface area contributed by atoms with Gasteiger partial charge in [0.2, 0.25) is 11.8 Å². The number of carbonyl (C=O) groups excluding carboxylic acids is 2. The summed E-state index contributed by atoms with van der Waals surface area (Å²) in [7, 11) is 0. The Morgan fingerprint density at radius 1 is 0.857 bits per heavy atom. The lowest BCUT2D eigenvalue weighted by atomic mass is 9.88. The van der Waals surface area contributed by atoms with Crippen LogP contribution < -0.4 is 4.90 Å². The Bertz CT molecular complexity index is 661. The number of carbonyl (C=O) groups is 2. The molecule has 21 heavy (non-hydrogen) atoms. The number of hydrogen-bond acceptors (Lipinski definition) is 2. The van der Waals surface area contributed by atoms with Gasteiger partial charge in [-0.2, -0.15) is 0 Å². The molecule has 3 heteroatoms. The molecule has 0 aliphatic carbocycles. The average molecular weight is 279 g/mol. The van der Waals surface area contributed by atoms with Crippen LogP contribution >= 0.6 is 0 Å². The smallest absolute Gasteiger partial charge is 0.234 e. The van der Waals surface area contributed by atoms with E-state index in [0.717, 1.165) is 11.1 Å². The highest BCUT2D eigenvalue weighted by Gasteiger charge is 2.34. The number of hydrogen-bond donors (Lipinski definition) is 0. The van der Waals surface area contributed by atoms with E-state index >= 15 is 0 Å². The van der Waals surface area contributed by atoms with Gasteiger partial charge >= 0.3 is 0 Å². The first kappa shape index (κ1) is 13.6. The van der Waals surface area contributed by atoms with Gasteiger partial charge < -0.3 is 0 Å². The zero-order valence-electron chi connectivity index (χ0n) is 12.0. The molecule has 1 aliphatic heterocycles. The number of anilines is 1. The molecule has 1 saturated heterocycles. The number of para-hydroxylation sites is 1. The quantitative estimate of drug-likeness (QED) is 0.790. The van der Waals surface area contributed by atoms with Crippen molar-refractivity contribution in [3.05, 3.63) is 65.7 Å². The normalized spacial score (nSPS) is 16.3. The zero-order chi connectivity index (χ0) is 14.8. The van der Waals surface area contributed by atoms with Crippen LogP contribution in [0.5, 0.6) is 0 Å². The minimum absolute atomic E-state index is 0.00790. The maximum atomic E-state index is 12.4. The lowest BCUT2D eigenvalue weighted by molar-refractivity contribution is -0.129. The van der Waals surface area contributed by atoms with Crippen LogP contribution in [-0.4, -0.2) is 11.8 Å². The standard InChI is InChI=1S/C18H17NO2/c1-13-7-5-6-10-16(13)19-17(20)11-15(12-18(19)21)14-8-3-2-4-9-14/h2-10,15H,11-12H2,1H3. The molecule has 0 radical (unpaired) electrons. The molecule has 0 bridgehead atoms. The maximum Gasteiger partial charge on any atom is 0.234 e. The van der Waals surface area contributed by atoms with Crippen molar-refractivity contribution in [2.24, 2.45) is 0 Å². The predicted octanol–water partition coefficient (Wildman–Crippen LogP) is 3.43. The van der Waals surface area contributed by atoms with E-state index in [9.17, 15) is 9.59 Å². The van der Waals surface area contributed by atoms with Gasteiger partial charge in [0, 0.05) is 18.8 Å². The summed E-state index contributed by atoms with van der Waals surface area (Å²) in [5.41, 5.74) is 2.71. The fourth-order valence-electron chi connectivity index (χ4n) is 2.86. The Hall–Kier alpha value is -2.42. The summed E-state index contributed by atoms with van der Waals surface area (Å²) < 4.78 is 0. The third-order valence-corrected chi connectivity index (χ3v) is 3.97. The molecule has 2 aromatic rings. The van der Waals surface area contributed by atoms with E-state index in [1.807, 2.05) is 61.5 Å². The van der Waals surface area contributed by atoms with Crippen LogP contribution in [-0.2, 0) is 9.59 Å². The van der Waals surface area contributed by atoms with E-state index in [1.165, 1.54) is 4.90 Å². The third-order valence-electron chi connectivity index (χ3n) is 3.97. The number of piperidine rings is 1. The summed E-state index contributed by atoms with van der Waals surface area (Å²) in [6.45, 7) is 1.92. The Balaban J connectivity index is 1.88. The number of imide groups is 1. The summed E-state index contributed by atoms with van der Waals surface area (Å²) in [6.07, 6.45) is 0.758. The Morgan fingerprint density at radius 2 is 1.43 bits per heavy atom. The van der Waals surface area contributed by atoms with Gasteiger partial charge in [-0.05, 0) is 24.1 Å². The molecule has 2 aromatic carbocycles. The topological polar surface area (TPSA) is 37.4 Å². The van der Waals surface area contributed by atoms with Gasteiger partial charge in [0.05, 0.1) is 5.69 Å². The first-order valence-electron chi connectivity index (χ1n) is 7.13. The van der Waals surface area contributed by atoms with Crippen molar-refractivity contribution in [3.8, 4) is 0 Å². The molecule has 0 atom stereocenters. The van der Waals surface area contributed by atoms with Crippen molar-refractivity contribution in [1.82, 2.24) is 0 Å². The number of benzene rings is 2. The highest BCUT2D eigenvalue weighted by molar-refractivity contribution is 6.17. The molecule has 3 rings (SSSR count). The molecule has 0 N–H and O–H groups in total. The lowest BCUT2D eigenvalue weighted by Crippen LogP contribution is -2.43. The number of rotatable bonds is 2. The molecule has 1 fully saturated rings. The summed E-state index contributed by atoms with van der Waals surface area (Å²) >= 11 is 0. The van der Waals surface area contributed by atoms with Gasteiger partial charge in [-0.3, -0.25) is 14.5 Å². The van der Waals surface area contributed by atoms with E-state index in [4.69, 9.17) is 0 Å². The van der Waals surface area contributed by atoms with Crippen LogP contribution in [0.25, 0.3) is 0 Å². The summed E-state index contributed by atoms with van der Waals surface area (Å²) in [5.74, 6) is -0.240.